The molecular formula is C13H9BrF2N2O. The Labute approximate surface area is 116 Å². The monoisotopic (exact) mass is 326 g/mol. The Balaban J connectivity index is 2.25. The van der Waals surface area contributed by atoms with Gasteiger partial charge in [-0.05, 0) is 36.4 Å². The molecule has 3 nitrogen and oxygen atoms in total. The molecule has 0 unspecified atom stereocenters. The van der Waals surface area contributed by atoms with E-state index in [1.165, 1.54) is 18.2 Å². The van der Waals surface area contributed by atoms with E-state index in [2.05, 4.69) is 21.2 Å². The molecule has 6 heteroatoms. The van der Waals surface area contributed by atoms with Crippen molar-refractivity contribution in [2.75, 3.05) is 11.1 Å². The largest absolute Gasteiger partial charge is 0.399 e. The number of benzene rings is 2. The molecule has 0 fully saturated rings. The zero-order valence-corrected chi connectivity index (χ0v) is 11.2. The molecule has 2 aromatic carbocycles. The average Bonchev–Trinajstić information content (AvgIpc) is 2.25. The lowest BCUT2D eigenvalue weighted by Gasteiger charge is -2.07. The molecule has 0 bridgehead atoms. The second-order valence-corrected chi connectivity index (χ2v) is 4.80. The second-order valence-electron chi connectivity index (χ2n) is 3.89. The quantitative estimate of drug-likeness (QED) is 0.829. The summed E-state index contributed by atoms with van der Waals surface area (Å²) in [5, 5.41) is 2.45. The third kappa shape index (κ3) is 3.51. The SMILES string of the molecule is Nc1cc(F)cc(NC(=O)c2cc(F)cc(Br)c2)c1. The highest BCUT2D eigenvalue weighted by Gasteiger charge is 2.09. The molecule has 0 aliphatic heterocycles. The van der Waals surface area contributed by atoms with Crippen LogP contribution in [0.4, 0.5) is 20.2 Å². The van der Waals surface area contributed by atoms with E-state index < -0.39 is 17.5 Å². The first-order chi connectivity index (χ1) is 8.94. The van der Waals surface area contributed by atoms with E-state index in [0.29, 0.717) is 4.47 Å². The number of carbonyl (C=O) groups excluding carboxylic acids is 1. The van der Waals surface area contributed by atoms with Crippen LogP contribution in [-0.2, 0) is 0 Å². The molecule has 3 N–H and O–H groups in total. The summed E-state index contributed by atoms with van der Waals surface area (Å²) in [5.74, 6) is -1.65. The zero-order chi connectivity index (χ0) is 14.0. The van der Waals surface area contributed by atoms with E-state index in [4.69, 9.17) is 5.73 Å². The van der Waals surface area contributed by atoms with Crippen molar-refractivity contribution in [3.63, 3.8) is 0 Å². The minimum atomic E-state index is -0.560. The smallest absolute Gasteiger partial charge is 0.255 e. The molecule has 0 radical (unpaired) electrons. The number of hydrogen-bond donors (Lipinski definition) is 2. The molecular weight excluding hydrogens is 318 g/mol. The van der Waals surface area contributed by atoms with Gasteiger partial charge in [-0.3, -0.25) is 4.79 Å². The van der Waals surface area contributed by atoms with Gasteiger partial charge in [-0.2, -0.15) is 0 Å². The van der Waals surface area contributed by atoms with Gasteiger partial charge in [-0.1, -0.05) is 15.9 Å². The van der Waals surface area contributed by atoms with Gasteiger partial charge in [0, 0.05) is 21.4 Å². The van der Waals surface area contributed by atoms with Crippen LogP contribution in [0.5, 0.6) is 0 Å². The number of carbonyl (C=O) groups is 1. The van der Waals surface area contributed by atoms with Gasteiger partial charge in [0.2, 0.25) is 0 Å². The topological polar surface area (TPSA) is 55.1 Å². The summed E-state index contributed by atoms with van der Waals surface area (Å²) in [6.07, 6.45) is 0. The Hall–Kier alpha value is -1.95. The average molecular weight is 327 g/mol. The van der Waals surface area contributed by atoms with Gasteiger partial charge in [0.05, 0.1) is 0 Å². The van der Waals surface area contributed by atoms with Gasteiger partial charge in [0.15, 0.2) is 0 Å². The molecule has 0 spiro atoms. The number of nitrogen functional groups attached to an aromatic ring is 1. The molecule has 0 aromatic heterocycles. The van der Waals surface area contributed by atoms with E-state index in [1.807, 2.05) is 0 Å². The fourth-order valence-electron chi connectivity index (χ4n) is 1.57. The van der Waals surface area contributed by atoms with Crippen molar-refractivity contribution in [1.29, 1.82) is 0 Å². The van der Waals surface area contributed by atoms with Crippen molar-refractivity contribution >= 4 is 33.2 Å². The van der Waals surface area contributed by atoms with Crippen molar-refractivity contribution < 1.29 is 13.6 Å². The van der Waals surface area contributed by atoms with Gasteiger partial charge in [0.1, 0.15) is 11.6 Å². The molecule has 0 saturated carbocycles. The molecule has 98 valence electrons. The van der Waals surface area contributed by atoms with Gasteiger partial charge in [-0.15, -0.1) is 0 Å². The zero-order valence-electron chi connectivity index (χ0n) is 9.58. The first kappa shape index (κ1) is 13.5. The maximum atomic E-state index is 13.2. The fourth-order valence-corrected chi connectivity index (χ4v) is 2.04. The second kappa shape index (κ2) is 5.36. The summed E-state index contributed by atoms with van der Waals surface area (Å²) in [7, 11) is 0. The lowest BCUT2D eigenvalue weighted by atomic mass is 10.2. The van der Waals surface area contributed by atoms with Crippen LogP contribution in [0.3, 0.4) is 0 Å². The number of hydrogen-bond acceptors (Lipinski definition) is 2. The van der Waals surface area contributed by atoms with Gasteiger partial charge < -0.3 is 11.1 Å². The summed E-state index contributed by atoms with van der Waals surface area (Å²) in [6, 6.07) is 7.45. The first-order valence-corrected chi connectivity index (χ1v) is 6.07. The standard InChI is InChI=1S/C13H9BrF2N2O/c14-8-1-7(2-9(15)3-8)13(19)18-12-5-10(16)4-11(17)6-12/h1-6H,17H2,(H,18,19). The molecule has 19 heavy (non-hydrogen) atoms. The van der Waals surface area contributed by atoms with Crippen molar-refractivity contribution in [2.45, 2.75) is 0 Å². The van der Waals surface area contributed by atoms with E-state index in [-0.39, 0.29) is 16.9 Å². The van der Waals surface area contributed by atoms with Crippen molar-refractivity contribution in [2.24, 2.45) is 0 Å². The highest BCUT2D eigenvalue weighted by Crippen LogP contribution is 2.19. The normalized spacial score (nSPS) is 10.3. The summed E-state index contributed by atoms with van der Waals surface area (Å²) in [4.78, 5) is 11.9. The third-order valence-corrected chi connectivity index (χ3v) is 2.76. The molecule has 0 aliphatic rings. The molecule has 1 amide bonds. The summed E-state index contributed by atoms with van der Waals surface area (Å²) in [6.45, 7) is 0. The Kier molecular flexibility index (Phi) is 3.80. The lowest BCUT2D eigenvalue weighted by molar-refractivity contribution is 0.102. The van der Waals surface area contributed by atoms with E-state index >= 15 is 0 Å². The van der Waals surface area contributed by atoms with Crippen LogP contribution in [0.15, 0.2) is 40.9 Å². The molecule has 0 atom stereocenters. The number of amides is 1. The van der Waals surface area contributed by atoms with Crippen molar-refractivity contribution in [3.8, 4) is 0 Å². The highest BCUT2D eigenvalue weighted by molar-refractivity contribution is 9.10. The van der Waals surface area contributed by atoms with Crippen molar-refractivity contribution in [1.82, 2.24) is 0 Å². The minimum absolute atomic E-state index is 0.120. The number of nitrogens with two attached hydrogens (primary N) is 1. The first-order valence-electron chi connectivity index (χ1n) is 5.27. The number of rotatable bonds is 2. The predicted octanol–water partition coefficient (Wildman–Crippen LogP) is 3.56. The van der Waals surface area contributed by atoms with Crippen LogP contribution in [0.25, 0.3) is 0 Å². The third-order valence-electron chi connectivity index (χ3n) is 2.30. The van der Waals surface area contributed by atoms with Crippen LogP contribution >= 0.6 is 15.9 Å². The molecule has 2 rings (SSSR count). The maximum Gasteiger partial charge on any atom is 0.255 e. The van der Waals surface area contributed by atoms with E-state index in [9.17, 15) is 13.6 Å². The summed E-state index contributed by atoms with van der Waals surface area (Å²) >= 11 is 3.09. The van der Waals surface area contributed by atoms with Crippen molar-refractivity contribution in [3.05, 3.63) is 58.1 Å². The molecule has 0 saturated heterocycles. The van der Waals surface area contributed by atoms with Gasteiger partial charge >= 0.3 is 0 Å². The molecule has 0 heterocycles. The molecule has 0 aliphatic carbocycles. The maximum absolute atomic E-state index is 13.2. The Morgan fingerprint density at radius 1 is 1.05 bits per heavy atom. The Morgan fingerprint density at radius 2 is 1.74 bits per heavy atom. The Bertz CT molecular complexity index is 606. The minimum Gasteiger partial charge on any atom is -0.399 e. The predicted molar refractivity (Wildman–Crippen MR) is 72.9 cm³/mol. The number of anilines is 2. The number of nitrogens with one attached hydrogen (secondary N) is 1. The molecule has 2 aromatic rings. The summed E-state index contributed by atoms with van der Waals surface area (Å²) in [5.41, 5.74) is 5.98. The van der Waals surface area contributed by atoms with Crippen LogP contribution in [-0.4, -0.2) is 5.91 Å². The van der Waals surface area contributed by atoms with Crippen LogP contribution in [0.1, 0.15) is 10.4 Å². The van der Waals surface area contributed by atoms with E-state index in [0.717, 1.165) is 18.2 Å². The fraction of sp³-hybridized carbons (Fsp3) is 0. The van der Waals surface area contributed by atoms with Gasteiger partial charge in [0.25, 0.3) is 5.91 Å². The number of halogens is 3. The van der Waals surface area contributed by atoms with E-state index in [1.54, 1.807) is 0 Å². The Morgan fingerprint density at radius 3 is 2.37 bits per heavy atom. The lowest BCUT2D eigenvalue weighted by Crippen LogP contribution is -2.12. The van der Waals surface area contributed by atoms with Crippen LogP contribution in [0, 0.1) is 11.6 Å². The van der Waals surface area contributed by atoms with Crippen LogP contribution < -0.4 is 11.1 Å². The summed E-state index contributed by atoms with van der Waals surface area (Å²) < 4.78 is 26.7. The van der Waals surface area contributed by atoms with Crippen LogP contribution in [0.2, 0.25) is 0 Å². The highest BCUT2D eigenvalue weighted by atomic mass is 79.9. The van der Waals surface area contributed by atoms with Gasteiger partial charge in [-0.25, -0.2) is 8.78 Å².